The number of alkyl halides is 2. The van der Waals surface area contributed by atoms with Crippen LogP contribution in [0.3, 0.4) is 0 Å². The quantitative estimate of drug-likeness (QED) is 0.394. The van der Waals surface area contributed by atoms with Gasteiger partial charge in [-0.1, -0.05) is 5.11 Å². The molecule has 1 aliphatic rings. The molecule has 0 amide bonds. The van der Waals surface area contributed by atoms with E-state index in [0.717, 1.165) is 0 Å². The van der Waals surface area contributed by atoms with Crippen molar-refractivity contribution in [1.82, 2.24) is 5.32 Å². The molecule has 1 saturated heterocycles. The second-order valence-electron chi connectivity index (χ2n) is 2.83. The van der Waals surface area contributed by atoms with Crippen LogP contribution in [0.25, 0.3) is 10.4 Å². The molecule has 2 unspecified atom stereocenters. The predicted molar refractivity (Wildman–Crippen MR) is 39.9 cm³/mol. The Bertz CT molecular complexity index is 190. The third-order valence-corrected chi connectivity index (χ3v) is 2.10. The molecule has 2 atom stereocenters. The monoisotopic (exact) mass is 176 g/mol. The summed E-state index contributed by atoms with van der Waals surface area (Å²) in [6, 6.07) is 0. The fraction of sp³-hybridized carbons (Fsp3) is 1.00. The molecular weight excluding hydrogens is 166 g/mol. The standard InChI is InChI=1S/C6H10F2N4/c7-6(8)5-3-10-1-4(5)2-11-12-9/h4-6,10H,1-3H2. The Balaban J connectivity index is 2.45. The van der Waals surface area contributed by atoms with Gasteiger partial charge in [0.25, 0.3) is 0 Å². The van der Waals surface area contributed by atoms with Gasteiger partial charge in [-0.25, -0.2) is 8.78 Å². The van der Waals surface area contributed by atoms with Crippen LogP contribution in [0, 0.1) is 11.8 Å². The summed E-state index contributed by atoms with van der Waals surface area (Å²) in [5.41, 5.74) is 8.00. The zero-order valence-corrected chi connectivity index (χ0v) is 6.45. The minimum Gasteiger partial charge on any atom is -0.316 e. The van der Waals surface area contributed by atoms with Crippen molar-refractivity contribution in [3.63, 3.8) is 0 Å². The maximum atomic E-state index is 12.2. The van der Waals surface area contributed by atoms with Gasteiger partial charge < -0.3 is 5.32 Å². The fourth-order valence-electron chi connectivity index (χ4n) is 1.39. The highest BCUT2D eigenvalue weighted by Crippen LogP contribution is 2.23. The first-order chi connectivity index (χ1) is 5.75. The number of hydrogen-bond donors (Lipinski definition) is 1. The molecule has 68 valence electrons. The van der Waals surface area contributed by atoms with Crippen LogP contribution in [0.2, 0.25) is 0 Å². The fourth-order valence-corrected chi connectivity index (χ4v) is 1.39. The van der Waals surface area contributed by atoms with Gasteiger partial charge in [-0.15, -0.1) is 0 Å². The number of halogens is 2. The molecule has 0 aromatic heterocycles. The Morgan fingerprint density at radius 2 is 2.33 bits per heavy atom. The lowest BCUT2D eigenvalue weighted by molar-refractivity contribution is 0.0663. The minimum absolute atomic E-state index is 0.165. The van der Waals surface area contributed by atoms with Crippen molar-refractivity contribution in [2.45, 2.75) is 6.43 Å². The van der Waals surface area contributed by atoms with Crippen LogP contribution in [0.4, 0.5) is 8.78 Å². The van der Waals surface area contributed by atoms with Crippen LogP contribution < -0.4 is 5.32 Å². The van der Waals surface area contributed by atoms with Crippen molar-refractivity contribution >= 4 is 0 Å². The highest BCUT2D eigenvalue weighted by molar-refractivity contribution is 4.83. The van der Waals surface area contributed by atoms with Crippen LogP contribution in [0.5, 0.6) is 0 Å². The molecule has 0 aromatic rings. The predicted octanol–water partition coefficient (Wildman–Crippen LogP) is 1.40. The third kappa shape index (κ3) is 2.06. The Hall–Kier alpha value is -0.870. The zero-order valence-electron chi connectivity index (χ0n) is 6.45. The molecule has 0 bridgehead atoms. The van der Waals surface area contributed by atoms with E-state index >= 15 is 0 Å². The highest BCUT2D eigenvalue weighted by Gasteiger charge is 2.33. The molecule has 1 heterocycles. The molecule has 6 heteroatoms. The van der Waals surface area contributed by atoms with Gasteiger partial charge in [0.15, 0.2) is 0 Å². The van der Waals surface area contributed by atoms with E-state index in [1.165, 1.54) is 0 Å². The number of nitrogens with one attached hydrogen (secondary N) is 1. The molecule has 1 fully saturated rings. The molecule has 0 aliphatic carbocycles. The smallest absolute Gasteiger partial charge is 0.242 e. The Morgan fingerprint density at radius 3 is 2.92 bits per heavy atom. The molecule has 0 aromatic carbocycles. The van der Waals surface area contributed by atoms with Gasteiger partial charge in [0.2, 0.25) is 6.43 Å². The van der Waals surface area contributed by atoms with E-state index in [4.69, 9.17) is 5.53 Å². The Kier molecular flexibility index (Phi) is 3.25. The lowest BCUT2D eigenvalue weighted by Crippen LogP contribution is -2.22. The van der Waals surface area contributed by atoms with Gasteiger partial charge in [-0.3, -0.25) is 0 Å². The summed E-state index contributed by atoms with van der Waals surface area (Å²) in [5.74, 6) is -0.864. The summed E-state index contributed by atoms with van der Waals surface area (Å²) in [6.07, 6.45) is -2.32. The van der Waals surface area contributed by atoms with Crippen LogP contribution in [-0.4, -0.2) is 26.1 Å². The van der Waals surface area contributed by atoms with E-state index in [-0.39, 0.29) is 12.5 Å². The van der Waals surface area contributed by atoms with Gasteiger partial charge in [0.1, 0.15) is 0 Å². The second-order valence-corrected chi connectivity index (χ2v) is 2.83. The Morgan fingerprint density at radius 1 is 1.58 bits per heavy atom. The minimum atomic E-state index is -2.32. The number of nitrogens with zero attached hydrogens (tertiary/aromatic N) is 3. The lowest BCUT2D eigenvalue weighted by Gasteiger charge is -2.14. The first kappa shape index (κ1) is 9.22. The van der Waals surface area contributed by atoms with Crippen LogP contribution in [-0.2, 0) is 0 Å². The molecule has 12 heavy (non-hydrogen) atoms. The third-order valence-electron chi connectivity index (χ3n) is 2.10. The van der Waals surface area contributed by atoms with Crippen LogP contribution in [0.15, 0.2) is 5.11 Å². The summed E-state index contributed by atoms with van der Waals surface area (Å²) >= 11 is 0. The van der Waals surface area contributed by atoms with E-state index in [1.54, 1.807) is 0 Å². The van der Waals surface area contributed by atoms with Crippen molar-refractivity contribution in [1.29, 1.82) is 0 Å². The van der Waals surface area contributed by atoms with Crippen molar-refractivity contribution in [3.05, 3.63) is 10.4 Å². The van der Waals surface area contributed by atoms with Crippen LogP contribution in [0.1, 0.15) is 0 Å². The summed E-state index contributed by atoms with van der Waals surface area (Å²) in [4.78, 5) is 2.55. The van der Waals surface area contributed by atoms with Gasteiger partial charge in [0.05, 0.1) is 0 Å². The first-order valence-electron chi connectivity index (χ1n) is 3.75. The van der Waals surface area contributed by atoms with E-state index in [9.17, 15) is 8.78 Å². The average molecular weight is 176 g/mol. The van der Waals surface area contributed by atoms with Crippen molar-refractivity contribution in [2.24, 2.45) is 17.0 Å². The number of azide groups is 1. The SMILES string of the molecule is [N-]=[N+]=NCC1CNCC1C(F)F. The van der Waals surface area contributed by atoms with E-state index in [2.05, 4.69) is 15.3 Å². The van der Waals surface area contributed by atoms with Crippen molar-refractivity contribution in [3.8, 4) is 0 Å². The summed E-state index contributed by atoms with van der Waals surface area (Å²) in [6.45, 7) is 1.01. The molecule has 1 N–H and O–H groups in total. The van der Waals surface area contributed by atoms with Gasteiger partial charge in [0, 0.05) is 23.9 Å². The molecular formula is C6H10F2N4. The van der Waals surface area contributed by atoms with Gasteiger partial charge in [-0.2, -0.15) is 0 Å². The van der Waals surface area contributed by atoms with Gasteiger partial charge >= 0.3 is 0 Å². The van der Waals surface area contributed by atoms with Crippen LogP contribution >= 0.6 is 0 Å². The molecule has 1 rings (SSSR count). The largest absolute Gasteiger partial charge is 0.316 e. The molecule has 0 radical (unpaired) electrons. The molecule has 0 saturated carbocycles. The summed E-state index contributed by atoms with van der Waals surface area (Å²) < 4.78 is 24.5. The van der Waals surface area contributed by atoms with E-state index in [0.29, 0.717) is 13.1 Å². The normalized spacial score (nSPS) is 28.9. The summed E-state index contributed by atoms with van der Waals surface area (Å²) in [5, 5.41) is 6.14. The highest BCUT2D eigenvalue weighted by atomic mass is 19.3. The zero-order chi connectivity index (χ0) is 8.97. The van der Waals surface area contributed by atoms with Gasteiger partial charge in [-0.05, 0) is 18.0 Å². The summed E-state index contributed by atoms with van der Waals surface area (Å²) in [7, 11) is 0. The van der Waals surface area contributed by atoms with E-state index < -0.39 is 12.3 Å². The Labute approximate surface area is 68.6 Å². The maximum Gasteiger partial charge on any atom is 0.242 e. The molecule has 4 nitrogen and oxygen atoms in total. The van der Waals surface area contributed by atoms with Crippen molar-refractivity contribution in [2.75, 3.05) is 19.6 Å². The molecule has 1 aliphatic heterocycles. The topological polar surface area (TPSA) is 60.8 Å². The lowest BCUT2D eigenvalue weighted by atomic mass is 9.97. The average Bonchev–Trinajstić information content (AvgIpc) is 2.48. The number of hydrogen-bond acceptors (Lipinski definition) is 2. The number of rotatable bonds is 3. The maximum absolute atomic E-state index is 12.2. The second kappa shape index (κ2) is 4.23. The molecule has 0 spiro atoms. The van der Waals surface area contributed by atoms with E-state index in [1.807, 2.05) is 0 Å². The first-order valence-corrected chi connectivity index (χ1v) is 3.75. The van der Waals surface area contributed by atoms with Crippen molar-refractivity contribution < 1.29 is 8.78 Å².